The van der Waals surface area contributed by atoms with Crippen LogP contribution in [0.1, 0.15) is 6.42 Å². The summed E-state index contributed by atoms with van der Waals surface area (Å²) in [5.74, 6) is 0.647. The van der Waals surface area contributed by atoms with Gasteiger partial charge in [-0.25, -0.2) is 4.99 Å². The molecule has 0 aliphatic carbocycles. The summed E-state index contributed by atoms with van der Waals surface area (Å²) in [6, 6.07) is 15.2. The van der Waals surface area contributed by atoms with Crippen LogP contribution in [0.15, 0.2) is 64.9 Å². The zero-order chi connectivity index (χ0) is 16.0. The van der Waals surface area contributed by atoms with Crippen LogP contribution in [0, 0.1) is 0 Å². The quantitative estimate of drug-likeness (QED) is 0.790. The van der Waals surface area contributed by atoms with Gasteiger partial charge in [-0.3, -0.25) is 9.69 Å². The van der Waals surface area contributed by atoms with Gasteiger partial charge >= 0.3 is 0 Å². The Labute approximate surface area is 139 Å². The molecule has 0 aromatic heterocycles. The van der Waals surface area contributed by atoms with Crippen LogP contribution < -0.4 is 9.80 Å². The van der Waals surface area contributed by atoms with Gasteiger partial charge in [0.25, 0.3) is 5.91 Å². The Morgan fingerprint density at radius 1 is 1.09 bits per heavy atom. The summed E-state index contributed by atoms with van der Waals surface area (Å²) in [5, 5.41) is 0.594. The topological polar surface area (TPSA) is 35.9 Å². The van der Waals surface area contributed by atoms with Gasteiger partial charge in [0, 0.05) is 30.4 Å². The summed E-state index contributed by atoms with van der Waals surface area (Å²) in [6.45, 7) is 0. The van der Waals surface area contributed by atoms with Gasteiger partial charge in [-0.2, -0.15) is 0 Å². The second kappa shape index (κ2) is 5.25. The smallest absolute Gasteiger partial charge is 0.262 e. The highest BCUT2D eigenvalue weighted by Crippen LogP contribution is 2.42. The van der Waals surface area contributed by atoms with E-state index in [0.717, 1.165) is 17.1 Å². The molecule has 2 aliphatic rings. The lowest BCUT2D eigenvalue weighted by Gasteiger charge is -2.25. The Balaban J connectivity index is 2.00. The number of benzene rings is 2. The fourth-order valence-electron chi connectivity index (χ4n) is 3.02. The van der Waals surface area contributed by atoms with Crippen molar-refractivity contribution in [3.63, 3.8) is 0 Å². The lowest BCUT2D eigenvalue weighted by atomic mass is 10.1. The number of rotatable bonds is 1. The Kier molecular flexibility index (Phi) is 3.20. The molecule has 0 unspecified atom stereocenters. The Hall–Kier alpha value is -2.59. The van der Waals surface area contributed by atoms with Gasteiger partial charge in [-0.1, -0.05) is 29.8 Å². The summed E-state index contributed by atoms with van der Waals surface area (Å²) < 4.78 is 0. The van der Waals surface area contributed by atoms with Crippen LogP contribution in [0.2, 0.25) is 5.02 Å². The van der Waals surface area contributed by atoms with E-state index >= 15 is 0 Å². The molecule has 0 radical (unpaired) electrons. The summed E-state index contributed by atoms with van der Waals surface area (Å²) >= 11 is 6.20. The maximum Gasteiger partial charge on any atom is 0.262 e. The highest BCUT2D eigenvalue weighted by atomic mass is 35.5. The van der Waals surface area contributed by atoms with Gasteiger partial charge in [0.1, 0.15) is 5.82 Å². The molecule has 23 heavy (non-hydrogen) atoms. The van der Waals surface area contributed by atoms with Gasteiger partial charge in [0.05, 0.1) is 16.9 Å². The van der Waals surface area contributed by atoms with Crippen LogP contribution in [0.3, 0.4) is 0 Å². The molecule has 4 rings (SSSR count). The minimum absolute atomic E-state index is 0.0587. The predicted molar refractivity (Wildman–Crippen MR) is 93.6 cm³/mol. The largest absolute Gasteiger partial charge is 0.327 e. The monoisotopic (exact) mass is 323 g/mol. The molecule has 0 spiro atoms. The standard InChI is InChI=1S/C18H14ClN3O/c1-21-15-8-7-12(19)11-16(15)22(13-5-3-2-4-6-13)18(23)14-9-10-20-17(14)21/h2-8,10-11H,9H2,1H3. The third-order valence-corrected chi connectivity index (χ3v) is 4.35. The van der Waals surface area contributed by atoms with E-state index in [1.165, 1.54) is 0 Å². The summed E-state index contributed by atoms with van der Waals surface area (Å²) in [7, 11) is 1.92. The normalized spacial score (nSPS) is 16.5. The minimum Gasteiger partial charge on any atom is -0.327 e. The molecule has 2 aliphatic heterocycles. The molecule has 0 N–H and O–H groups in total. The van der Waals surface area contributed by atoms with Crippen LogP contribution in [0.5, 0.6) is 0 Å². The predicted octanol–water partition coefficient (Wildman–Crippen LogP) is 4.14. The number of anilines is 3. The molecule has 1 amide bonds. The number of halogens is 1. The first-order valence-corrected chi connectivity index (χ1v) is 7.73. The zero-order valence-corrected chi connectivity index (χ0v) is 13.3. The van der Waals surface area contributed by atoms with E-state index in [1.54, 1.807) is 11.1 Å². The maximum absolute atomic E-state index is 13.2. The number of fused-ring (bicyclic) bond motifs is 1. The Morgan fingerprint density at radius 3 is 2.65 bits per heavy atom. The summed E-state index contributed by atoms with van der Waals surface area (Å²) in [5.41, 5.74) is 3.18. The summed E-state index contributed by atoms with van der Waals surface area (Å²) in [6.07, 6.45) is 2.33. The van der Waals surface area contributed by atoms with Crippen LogP contribution in [-0.2, 0) is 4.79 Å². The van der Waals surface area contributed by atoms with E-state index in [2.05, 4.69) is 4.99 Å². The summed E-state index contributed by atoms with van der Waals surface area (Å²) in [4.78, 5) is 21.2. The number of amides is 1. The van der Waals surface area contributed by atoms with Crippen molar-refractivity contribution in [2.24, 2.45) is 4.99 Å². The number of carbonyl (C=O) groups excluding carboxylic acids is 1. The van der Waals surface area contributed by atoms with Crippen molar-refractivity contribution in [2.75, 3.05) is 16.8 Å². The van der Waals surface area contributed by atoms with E-state index < -0.39 is 0 Å². The van der Waals surface area contributed by atoms with Gasteiger partial charge in [-0.15, -0.1) is 0 Å². The fourth-order valence-corrected chi connectivity index (χ4v) is 3.18. The molecular formula is C18H14ClN3O. The van der Waals surface area contributed by atoms with Crippen LogP contribution in [0.25, 0.3) is 0 Å². The SMILES string of the molecule is CN1C2=C(CC=N2)C(=O)N(c2ccccc2)c2cc(Cl)ccc21. The molecule has 5 heteroatoms. The van der Waals surface area contributed by atoms with Crippen LogP contribution >= 0.6 is 11.6 Å². The van der Waals surface area contributed by atoms with Gasteiger partial charge in [0.15, 0.2) is 0 Å². The molecule has 0 fully saturated rings. The number of hydrogen-bond donors (Lipinski definition) is 0. The average molecular weight is 324 g/mol. The second-order valence-corrected chi connectivity index (χ2v) is 5.92. The van der Waals surface area contributed by atoms with E-state index in [9.17, 15) is 4.79 Å². The second-order valence-electron chi connectivity index (χ2n) is 5.49. The molecule has 2 aromatic rings. The third-order valence-electron chi connectivity index (χ3n) is 4.11. The van der Waals surface area contributed by atoms with Crippen LogP contribution in [-0.4, -0.2) is 19.2 Å². The van der Waals surface area contributed by atoms with Gasteiger partial charge in [-0.05, 0) is 30.3 Å². The molecule has 2 heterocycles. The highest BCUT2D eigenvalue weighted by molar-refractivity contribution is 6.31. The minimum atomic E-state index is -0.0587. The van der Waals surface area contributed by atoms with Crippen molar-refractivity contribution in [3.05, 3.63) is 64.9 Å². The number of carbonyl (C=O) groups is 1. The Morgan fingerprint density at radius 2 is 1.87 bits per heavy atom. The van der Waals surface area contributed by atoms with E-state index in [0.29, 0.717) is 22.8 Å². The lowest BCUT2D eigenvalue weighted by Crippen LogP contribution is -2.26. The van der Waals surface area contributed by atoms with E-state index in [1.807, 2.05) is 60.5 Å². The molecule has 0 saturated carbocycles. The first kappa shape index (κ1) is 14.0. The maximum atomic E-state index is 13.2. The number of hydrogen-bond acceptors (Lipinski definition) is 3. The first-order chi connectivity index (χ1) is 11.2. The van der Waals surface area contributed by atoms with Crippen molar-refractivity contribution in [1.29, 1.82) is 0 Å². The number of para-hydroxylation sites is 1. The fraction of sp³-hybridized carbons (Fsp3) is 0.111. The molecule has 4 nitrogen and oxygen atoms in total. The molecule has 0 saturated heterocycles. The molecule has 0 bridgehead atoms. The van der Waals surface area contributed by atoms with E-state index in [-0.39, 0.29) is 5.91 Å². The molecular weight excluding hydrogens is 310 g/mol. The van der Waals surface area contributed by atoms with Gasteiger partial charge in [0.2, 0.25) is 0 Å². The van der Waals surface area contributed by atoms with Crippen molar-refractivity contribution < 1.29 is 4.79 Å². The lowest BCUT2D eigenvalue weighted by molar-refractivity contribution is -0.114. The number of aliphatic imine (C=N–C) groups is 1. The molecule has 0 atom stereocenters. The number of nitrogens with zero attached hydrogens (tertiary/aromatic N) is 3. The molecule has 114 valence electrons. The first-order valence-electron chi connectivity index (χ1n) is 7.35. The zero-order valence-electron chi connectivity index (χ0n) is 12.5. The van der Waals surface area contributed by atoms with Crippen molar-refractivity contribution in [3.8, 4) is 0 Å². The van der Waals surface area contributed by atoms with E-state index in [4.69, 9.17) is 11.6 Å². The highest BCUT2D eigenvalue weighted by Gasteiger charge is 2.33. The van der Waals surface area contributed by atoms with Crippen LogP contribution in [0.4, 0.5) is 17.1 Å². The third kappa shape index (κ3) is 2.14. The van der Waals surface area contributed by atoms with Crippen molar-refractivity contribution in [2.45, 2.75) is 6.42 Å². The van der Waals surface area contributed by atoms with Gasteiger partial charge < -0.3 is 4.90 Å². The van der Waals surface area contributed by atoms with Crippen molar-refractivity contribution >= 4 is 40.8 Å². The average Bonchev–Trinajstić information content (AvgIpc) is 3.02. The van der Waals surface area contributed by atoms with Crippen molar-refractivity contribution in [1.82, 2.24) is 0 Å². The molecule has 2 aromatic carbocycles. The Bertz CT molecular complexity index is 858.